The molecule has 0 spiro atoms. The van der Waals surface area contributed by atoms with E-state index in [0.717, 1.165) is 44.2 Å². The zero-order valence-electron chi connectivity index (χ0n) is 15.6. The van der Waals surface area contributed by atoms with Gasteiger partial charge < -0.3 is 9.64 Å². The maximum absolute atomic E-state index is 6.14. The van der Waals surface area contributed by atoms with Crippen LogP contribution in [0.2, 0.25) is 10.0 Å². The lowest BCUT2D eigenvalue weighted by molar-refractivity contribution is 0.131. The number of nitrogens with zero attached hydrogens (tertiary/aromatic N) is 2. The number of anilines is 1. The average molecular weight is 393 g/mol. The monoisotopic (exact) mass is 392 g/mol. The van der Waals surface area contributed by atoms with Gasteiger partial charge in [-0.2, -0.15) is 0 Å². The molecule has 0 radical (unpaired) electrons. The largest absolute Gasteiger partial charge is 0.488 e. The number of hydrogen-bond donors (Lipinski definition) is 0. The molecule has 0 aromatic heterocycles. The summed E-state index contributed by atoms with van der Waals surface area (Å²) < 4.78 is 5.89. The standard InChI is InChI=1S/C21H26Cl2N2O/c1-21(2,3)26-18-7-4-16(5-8-18)15-24-10-12-25(13-11-24)17-6-9-19(22)20(23)14-17/h4-9,14H,10-13,15H2,1-3H3. The van der Waals surface area contributed by atoms with E-state index in [1.54, 1.807) is 0 Å². The van der Waals surface area contributed by atoms with E-state index in [1.165, 1.54) is 5.56 Å². The Morgan fingerprint density at radius 3 is 2.12 bits per heavy atom. The van der Waals surface area contributed by atoms with Gasteiger partial charge in [0, 0.05) is 38.4 Å². The van der Waals surface area contributed by atoms with Crippen LogP contribution in [0.1, 0.15) is 26.3 Å². The SMILES string of the molecule is CC(C)(C)Oc1ccc(CN2CCN(c3ccc(Cl)c(Cl)c3)CC2)cc1. The number of piperazine rings is 1. The van der Waals surface area contributed by atoms with Gasteiger partial charge in [-0.25, -0.2) is 0 Å². The molecular weight excluding hydrogens is 367 g/mol. The Labute approximate surface area is 166 Å². The van der Waals surface area contributed by atoms with E-state index in [0.29, 0.717) is 10.0 Å². The van der Waals surface area contributed by atoms with Crippen molar-refractivity contribution >= 4 is 28.9 Å². The molecule has 2 aromatic rings. The van der Waals surface area contributed by atoms with Crippen molar-refractivity contribution in [3.63, 3.8) is 0 Å². The maximum atomic E-state index is 6.14. The Bertz CT molecular complexity index is 733. The van der Waals surface area contributed by atoms with Crippen LogP contribution in [0.15, 0.2) is 42.5 Å². The van der Waals surface area contributed by atoms with Crippen molar-refractivity contribution in [1.29, 1.82) is 0 Å². The minimum absolute atomic E-state index is 0.164. The van der Waals surface area contributed by atoms with Crippen LogP contribution in [0.5, 0.6) is 5.75 Å². The van der Waals surface area contributed by atoms with E-state index in [1.807, 2.05) is 18.2 Å². The lowest BCUT2D eigenvalue weighted by Crippen LogP contribution is -2.45. The molecule has 0 atom stereocenters. The van der Waals surface area contributed by atoms with Crippen molar-refractivity contribution in [2.24, 2.45) is 0 Å². The van der Waals surface area contributed by atoms with Crippen molar-refractivity contribution in [2.75, 3.05) is 31.1 Å². The van der Waals surface area contributed by atoms with Crippen LogP contribution < -0.4 is 9.64 Å². The molecule has 5 heteroatoms. The molecule has 1 fully saturated rings. The summed E-state index contributed by atoms with van der Waals surface area (Å²) in [5, 5.41) is 1.22. The highest BCUT2D eigenvalue weighted by molar-refractivity contribution is 6.42. The second-order valence-corrected chi connectivity index (χ2v) is 8.53. The van der Waals surface area contributed by atoms with Crippen LogP contribution in [-0.4, -0.2) is 36.7 Å². The normalized spacial score (nSPS) is 16.0. The number of rotatable bonds is 4. The zero-order valence-corrected chi connectivity index (χ0v) is 17.1. The molecule has 26 heavy (non-hydrogen) atoms. The summed E-state index contributed by atoms with van der Waals surface area (Å²) in [6.07, 6.45) is 0. The quantitative estimate of drug-likeness (QED) is 0.683. The van der Waals surface area contributed by atoms with E-state index in [4.69, 9.17) is 27.9 Å². The van der Waals surface area contributed by atoms with Crippen LogP contribution in [0.3, 0.4) is 0 Å². The first kappa shape index (κ1) is 19.3. The van der Waals surface area contributed by atoms with Crippen LogP contribution in [0.25, 0.3) is 0 Å². The second-order valence-electron chi connectivity index (χ2n) is 7.72. The number of ether oxygens (including phenoxy) is 1. The molecule has 0 N–H and O–H groups in total. The highest BCUT2D eigenvalue weighted by Crippen LogP contribution is 2.28. The Kier molecular flexibility index (Phi) is 6.01. The van der Waals surface area contributed by atoms with Gasteiger partial charge in [-0.1, -0.05) is 35.3 Å². The van der Waals surface area contributed by atoms with E-state index < -0.39 is 0 Å². The molecule has 1 aliphatic heterocycles. The lowest BCUT2D eigenvalue weighted by Gasteiger charge is -2.36. The first-order valence-corrected chi connectivity index (χ1v) is 9.76. The summed E-state index contributed by atoms with van der Waals surface area (Å²) in [5.41, 5.74) is 2.29. The molecule has 3 nitrogen and oxygen atoms in total. The van der Waals surface area contributed by atoms with Crippen molar-refractivity contribution in [2.45, 2.75) is 32.9 Å². The number of benzene rings is 2. The van der Waals surface area contributed by atoms with Gasteiger partial charge in [0.2, 0.25) is 0 Å². The van der Waals surface area contributed by atoms with Crippen molar-refractivity contribution in [1.82, 2.24) is 4.90 Å². The summed E-state index contributed by atoms with van der Waals surface area (Å²) in [4.78, 5) is 4.84. The second kappa shape index (κ2) is 8.08. The first-order chi connectivity index (χ1) is 12.3. The van der Waals surface area contributed by atoms with Gasteiger partial charge in [0.1, 0.15) is 11.4 Å². The zero-order chi connectivity index (χ0) is 18.7. The third-order valence-corrected chi connectivity index (χ3v) is 5.13. The third kappa shape index (κ3) is 5.29. The fourth-order valence-electron chi connectivity index (χ4n) is 3.12. The first-order valence-electron chi connectivity index (χ1n) is 9.00. The third-order valence-electron chi connectivity index (χ3n) is 4.39. The molecular formula is C21H26Cl2N2O. The highest BCUT2D eigenvalue weighted by Gasteiger charge is 2.18. The molecule has 0 bridgehead atoms. The van der Waals surface area contributed by atoms with Gasteiger partial charge in [0.25, 0.3) is 0 Å². The number of hydrogen-bond acceptors (Lipinski definition) is 3. The van der Waals surface area contributed by atoms with Gasteiger partial charge in [-0.3, -0.25) is 4.90 Å². The lowest BCUT2D eigenvalue weighted by atomic mass is 10.1. The van der Waals surface area contributed by atoms with Crippen LogP contribution in [-0.2, 0) is 6.54 Å². The topological polar surface area (TPSA) is 15.7 Å². The average Bonchev–Trinajstić information content (AvgIpc) is 2.59. The van der Waals surface area contributed by atoms with Crippen LogP contribution in [0, 0.1) is 0 Å². The minimum atomic E-state index is -0.164. The van der Waals surface area contributed by atoms with Crippen LogP contribution >= 0.6 is 23.2 Å². The van der Waals surface area contributed by atoms with Crippen molar-refractivity contribution < 1.29 is 4.74 Å². The van der Waals surface area contributed by atoms with Crippen LogP contribution in [0.4, 0.5) is 5.69 Å². The summed E-state index contributed by atoms with van der Waals surface area (Å²) in [5.74, 6) is 0.922. The molecule has 0 unspecified atom stereocenters. The Morgan fingerprint density at radius 1 is 0.885 bits per heavy atom. The van der Waals surface area contributed by atoms with E-state index in [2.05, 4.69) is 54.8 Å². The molecule has 0 aliphatic carbocycles. The van der Waals surface area contributed by atoms with Crippen molar-refractivity contribution in [3.05, 3.63) is 58.1 Å². The van der Waals surface area contributed by atoms with Gasteiger partial charge in [-0.05, 0) is 56.7 Å². The summed E-state index contributed by atoms with van der Waals surface area (Å²) in [7, 11) is 0. The van der Waals surface area contributed by atoms with Gasteiger partial charge in [0.15, 0.2) is 0 Å². The molecule has 2 aromatic carbocycles. The molecule has 0 amide bonds. The molecule has 1 aliphatic rings. The molecule has 3 rings (SSSR count). The predicted octanol–water partition coefficient (Wildman–Crippen LogP) is 5.49. The Balaban J connectivity index is 1.53. The summed E-state index contributed by atoms with van der Waals surface area (Å²) in [6.45, 7) is 11.2. The van der Waals surface area contributed by atoms with E-state index in [-0.39, 0.29) is 5.60 Å². The summed E-state index contributed by atoms with van der Waals surface area (Å²) in [6, 6.07) is 14.3. The fourth-order valence-corrected chi connectivity index (χ4v) is 3.41. The molecule has 0 saturated carbocycles. The fraction of sp³-hybridized carbons (Fsp3) is 0.429. The van der Waals surface area contributed by atoms with Gasteiger partial charge in [0.05, 0.1) is 10.0 Å². The number of halogens is 2. The Hall–Kier alpha value is -1.42. The maximum Gasteiger partial charge on any atom is 0.120 e. The van der Waals surface area contributed by atoms with E-state index >= 15 is 0 Å². The Morgan fingerprint density at radius 2 is 1.54 bits per heavy atom. The van der Waals surface area contributed by atoms with E-state index in [9.17, 15) is 0 Å². The predicted molar refractivity (Wildman–Crippen MR) is 111 cm³/mol. The molecule has 140 valence electrons. The molecule has 1 heterocycles. The van der Waals surface area contributed by atoms with Gasteiger partial charge >= 0.3 is 0 Å². The summed E-state index contributed by atoms with van der Waals surface area (Å²) >= 11 is 12.2. The molecule has 1 saturated heterocycles. The van der Waals surface area contributed by atoms with Crippen molar-refractivity contribution in [3.8, 4) is 5.75 Å². The van der Waals surface area contributed by atoms with Gasteiger partial charge in [-0.15, -0.1) is 0 Å². The minimum Gasteiger partial charge on any atom is -0.488 e. The smallest absolute Gasteiger partial charge is 0.120 e. The highest BCUT2D eigenvalue weighted by atomic mass is 35.5.